The lowest BCUT2D eigenvalue weighted by molar-refractivity contribution is -0.111. The molecule has 0 aliphatic carbocycles. The lowest BCUT2D eigenvalue weighted by Gasteiger charge is -2.14. The highest BCUT2D eigenvalue weighted by Gasteiger charge is 2.11. The summed E-state index contributed by atoms with van der Waals surface area (Å²) in [5.74, 6) is -0.491. The fourth-order valence-corrected chi connectivity index (χ4v) is 2.17. The molecule has 0 radical (unpaired) electrons. The van der Waals surface area contributed by atoms with Gasteiger partial charge in [-0.3, -0.25) is 9.59 Å². The molecule has 0 spiro atoms. The predicted octanol–water partition coefficient (Wildman–Crippen LogP) is 2.84. The largest absolute Gasteiger partial charge is 0.394 e. The average Bonchev–Trinajstić information content (AvgIpc) is 2.65. The Morgan fingerprint density at radius 3 is 2.36 bits per heavy atom. The van der Waals surface area contributed by atoms with Crippen LogP contribution >= 0.6 is 0 Å². The standard InChI is InChI=1S/C20H22N2O3/c1-2-17(14-23)22-20(25)16-9-11-18(12-10-16)21-19(24)13-8-15-6-4-3-5-7-15/h3-13,17,23H,2,14H2,1H3,(H,21,24)(H,22,25)/b13-8+. The van der Waals surface area contributed by atoms with Crippen molar-refractivity contribution >= 4 is 23.6 Å². The maximum Gasteiger partial charge on any atom is 0.251 e. The quantitative estimate of drug-likeness (QED) is 0.679. The van der Waals surface area contributed by atoms with E-state index in [9.17, 15) is 9.59 Å². The second kappa shape index (κ2) is 9.39. The minimum Gasteiger partial charge on any atom is -0.394 e. The number of benzene rings is 2. The van der Waals surface area contributed by atoms with Gasteiger partial charge in [0.2, 0.25) is 5.91 Å². The lowest BCUT2D eigenvalue weighted by Crippen LogP contribution is -2.36. The van der Waals surface area contributed by atoms with Crippen molar-refractivity contribution in [3.05, 3.63) is 71.8 Å². The Morgan fingerprint density at radius 1 is 1.08 bits per heavy atom. The van der Waals surface area contributed by atoms with E-state index in [4.69, 9.17) is 5.11 Å². The Hall–Kier alpha value is -2.92. The number of aliphatic hydroxyl groups excluding tert-OH is 1. The van der Waals surface area contributed by atoms with E-state index in [0.29, 0.717) is 17.7 Å². The summed E-state index contributed by atoms with van der Waals surface area (Å²) in [7, 11) is 0. The molecule has 0 bridgehead atoms. The van der Waals surface area contributed by atoms with Gasteiger partial charge in [-0.2, -0.15) is 0 Å². The van der Waals surface area contributed by atoms with E-state index < -0.39 is 0 Å². The van der Waals surface area contributed by atoms with Crippen LogP contribution in [0.5, 0.6) is 0 Å². The van der Waals surface area contributed by atoms with Gasteiger partial charge >= 0.3 is 0 Å². The van der Waals surface area contributed by atoms with Crippen LogP contribution < -0.4 is 10.6 Å². The van der Waals surface area contributed by atoms with Crippen LogP contribution in [0.3, 0.4) is 0 Å². The molecule has 0 aliphatic rings. The molecule has 1 atom stereocenters. The number of anilines is 1. The van der Waals surface area contributed by atoms with Crippen molar-refractivity contribution in [2.24, 2.45) is 0 Å². The zero-order valence-electron chi connectivity index (χ0n) is 14.1. The molecule has 0 saturated carbocycles. The molecule has 1 unspecified atom stereocenters. The topological polar surface area (TPSA) is 78.4 Å². The highest BCUT2D eigenvalue weighted by molar-refractivity contribution is 6.02. The van der Waals surface area contributed by atoms with Crippen LogP contribution in [-0.4, -0.2) is 29.6 Å². The fourth-order valence-electron chi connectivity index (χ4n) is 2.17. The molecule has 25 heavy (non-hydrogen) atoms. The molecule has 2 amide bonds. The summed E-state index contributed by atoms with van der Waals surface area (Å²) in [5, 5.41) is 14.6. The number of rotatable bonds is 7. The molecule has 5 nitrogen and oxygen atoms in total. The van der Waals surface area contributed by atoms with E-state index in [1.54, 1.807) is 30.3 Å². The Kier molecular flexibility index (Phi) is 6.92. The van der Waals surface area contributed by atoms with Crippen LogP contribution in [0.2, 0.25) is 0 Å². The second-order valence-corrected chi connectivity index (χ2v) is 5.57. The highest BCUT2D eigenvalue weighted by atomic mass is 16.3. The summed E-state index contributed by atoms with van der Waals surface area (Å²) >= 11 is 0. The van der Waals surface area contributed by atoms with E-state index in [1.165, 1.54) is 6.08 Å². The monoisotopic (exact) mass is 338 g/mol. The second-order valence-electron chi connectivity index (χ2n) is 5.57. The first-order chi connectivity index (χ1) is 12.1. The first-order valence-electron chi connectivity index (χ1n) is 8.18. The van der Waals surface area contributed by atoms with Gasteiger partial charge in [-0.15, -0.1) is 0 Å². The van der Waals surface area contributed by atoms with Gasteiger partial charge in [-0.1, -0.05) is 37.3 Å². The van der Waals surface area contributed by atoms with E-state index >= 15 is 0 Å². The Bertz CT molecular complexity index is 720. The van der Waals surface area contributed by atoms with E-state index in [1.807, 2.05) is 37.3 Å². The van der Waals surface area contributed by atoms with Crippen molar-refractivity contribution in [2.45, 2.75) is 19.4 Å². The van der Waals surface area contributed by atoms with Crippen LogP contribution in [0.4, 0.5) is 5.69 Å². The van der Waals surface area contributed by atoms with Crippen LogP contribution in [0.15, 0.2) is 60.7 Å². The van der Waals surface area contributed by atoms with Crippen LogP contribution in [0.1, 0.15) is 29.3 Å². The summed E-state index contributed by atoms with van der Waals surface area (Å²) < 4.78 is 0. The molecule has 0 fully saturated rings. The number of hydrogen-bond donors (Lipinski definition) is 3. The third-order valence-electron chi connectivity index (χ3n) is 3.69. The molecular formula is C20H22N2O3. The van der Waals surface area contributed by atoms with Crippen molar-refractivity contribution in [1.29, 1.82) is 0 Å². The summed E-state index contributed by atoms with van der Waals surface area (Å²) in [6.07, 6.45) is 3.85. The van der Waals surface area contributed by atoms with Crippen molar-refractivity contribution in [1.82, 2.24) is 5.32 Å². The molecule has 0 aliphatic heterocycles. The minimum absolute atomic E-state index is 0.0931. The van der Waals surface area contributed by atoms with Gasteiger partial charge in [0.1, 0.15) is 0 Å². The van der Waals surface area contributed by atoms with Crippen LogP contribution in [0, 0.1) is 0 Å². The van der Waals surface area contributed by atoms with Crippen molar-refractivity contribution in [2.75, 3.05) is 11.9 Å². The van der Waals surface area contributed by atoms with Gasteiger partial charge in [0.05, 0.1) is 12.6 Å². The molecule has 130 valence electrons. The SMILES string of the molecule is CCC(CO)NC(=O)c1ccc(NC(=O)/C=C/c2ccccc2)cc1. The van der Waals surface area contributed by atoms with Crippen LogP contribution in [0.25, 0.3) is 6.08 Å². The lowest BCUT2D eigenvalue weighted by atomic mass is 10.1. The first-order valence-corrected chi connectivity index (χ1v) is 8.18. The first kappa shape index (κ1) is 18.4. The molecule has 0 heterocycles. The summed E-state index contributed by atoms with van der Waals surface area (Å²) in [4.78, 5) is 24.0. The summed E-state index contributed by atoms with van der Waals surface area (Å²) in [6, 6.07) is 15.9. The Balaban J connectivity index is 1.92. The molecular weight excluding hydrogens is 316 g/mol. The molecule has 5 heteroatoms. The van der Waals surface area contributed by atoms with Gasteiger partial charge in [0.25, 0.3) is 5.91 Å². The predicted molar refractivity (Wildman–Crippen MR) is 99.2 cm³/mol. The van der Waals surface area contributed by atoms with Crippen molar-refractivity contribution in [3.63, 3.8) is 0 Å². The normalized spacial score (nSPS) is 11.9. The zero-order valence-corrected chi connectivity index (χ0v) is 14.1. The molecule has 2 rings (SSSR count). The fraction of sp³-hybridized carbons (Fsp3) is 0.200. The summed E-state index contributed by atoms with van der Waals surface area (Å²) in [6.45, 7) is 1.80. The van der Waals surface area contributed by atoms with Crippen molar-refractivity contribution in [3.8, 4) is 0 Å². The maximum atomic E-state index is 12.0. The van der Waals surface area contributed by atoms with Gasteiger partial charge in [-0.25, -0.2) is 0 Å². The number of aliphatic hydroxyl groups is 1. The number of nitrogens with one attached hydrogen (secondary N) is 2. The molecule has 2 aromatic carbocycles. The minimum atomic E-state index is -0.255. The van der Waals surface area contributed by atoms with Gasteiger partial charge in [0, 0.05) is 17.3 Å². The number of amides is 2. The van der Waals surface area contributed by atoms with E-state index in [2.05, 4.69) is 10.6 Å². The maximum absolute atomic E-state index is 12.0. The zero-order chi connectivity index (χ0) is 18.1. The average molecular weight is 338 g/mol. The highest BCUT2D eigenvalue weighted by Crippen LogP contribution is 2.10. The third-order valence-corrected chi connectivity index (χ3v) is 3.69. The Labute approximate surface area is 147 Å². The van der Waals surface area contributed by atoms with E-state index in [0.717, 1.165) is 5.56 Å². The van der Waals surface area contributed by atoms with Gasteiger partial charge < -0.3 is 15.7 Å². The molecule has 0 aromatic heterocycles. The molecule has 2 aromatic rings. The van der Waals surface area contributed by atoms with Gasteiger partial charge in [-0.05, 0) is 42.3 Å². The van der Waals surface area contributed by atoms with E-state index in [-0.39, 0.29) is 24.5 Å². The number of hydrogen-bond acceptors (Lipinski definition) is 3. The number of carbonyl (C=O) groups excluding carboxylic acids is 2. The van der Waals surface area contributed by atoms with Crippen molar-refractivity contribution < 1.29 is 14.7 Å². The molecule has 3 N–H and O–H groups in total. The number of carbonyl (C=O) groups is 2. The third kappa shape index (κ3) is 5.90. The van der Waals surface area contributed by atoms with Crippen LogP contribution in [-0.2, 0) is 4.79 Å². The Morgan fingerprint density at radius 2 is 1.76 bits per heavy atom. The molecule has 0 saturated heterocycles. The van der Waals surface area contributed by atoms with Gasteiger partial charge in [0.15, 0.2) is 0 Å². The summed E-state index contributed by atoms with van der Waals surface area (Å²) in [5.41, 5.74) is 2.03. The smallest absolute Gasteiger partial charge is 0.251 e.